The van der Waals surface area contributed by atoms with Crippen LogP contribution in [-0.4, -0.2) is 29.6 Å². The summed E-state index contributed by atoms with van der Waals surface area (Å²) in [6, 6.07) is 8.15. The van der Waals surface area contributed by atoms with E-state index in [0.717, 1.165) is 22.1 Å². The zero-order chi connectivity index (χ0) is 15.7. The van der Waals surface area contributed by atoms with Gasteiger partial charge in [-0.1, -0.05) is 29.3 Å². The molecule has 2 aliphatic heterocycles. The zero-order valence-corrected chi connectivity index (χ0v) is 14.9. The first-order chi connectivity index (χ1) is 10.6. The largest absolute Gasteiger partial charge is 0.321 e. The van der Waals surface area contributed by atoms with Crippen molar-refractivity contribution in [1.82, 2.24) is 4.90 Å². The van der Waals surface area contributed by atoms with Gasteiger partial charge in [0, 0.05) is 27.6 Å². The average molecular weight is 370 g/mol. The second kappa shape index (κ2) is 6.76. The van der Waals surface area contributed by atoms with Crippen molar-refractivity contribution in [3.8, 4) is 6.07 Å². The Morgan fingerprint density at radius 3 is 2.91 bits per heavy atom. The van der Waals surface area contributed by atoms with Crippen LogP contribution in [0.25, 0.3) is 0 Å². The van der Waals surface area contributed by atoms with E-state index in [1.54, 1.807) is 35.9 Å². The van der Waals surface area contributed by atoms with Crippen molar-refractivity contribution in [2.75, 3.05) is 12.3 Å². The van der Waals surface area contributed by atoms with Crippen LogP contribution in [0.15, 0.2) is 33.1 Å². The third-order valence-corrected chi connectivity index (χ3v) is 6.92. The lowest BCUT2D eigenvalue weighted by molar-refractivity contribution is 0.543. The fourth-order valence-electron chi connectivity index (χ4n) is 2.34. The summed E-state index contributed by atoms with van der Waals surface area (Å²) >= 11 is 15.7. The maximum atomic E-state index is 9.50. The number of thioether (sulfide) groups is 2. The topological polar surface area (TPSA) is 39.4 Å². The van der Waals surface area contributed by atoms with Gasteiger partial charge in [-0.05, 0) is 24.6 Å². The lowest BCUT2D eigenvalue weighted by Gasteiger charge is -2.15. The maximum absolute atomic E-state index is 9.50. The Morgan fingerprint density at radius 2 is 2.27 bits per heavy atom. The van der Waals surface area contributed by atoms with E-state index in [0.29, 0.717) is 15.7 Å². The fourth-order valence-corrected chi connectivity index (χ4v) is 5.89. The first kappa shape index (κ1) is 16.1. The number of benzene rings is 1. The normalized spacial score (nSPS) is 26.4. The number of halogens is 2. The molecule has 114 valence electrons. The SMILES string of the molecule is CC1CN(/C(C#N)=C2/SC[C@@H](c3ccc(Cl)cc3Cl)S2)C=N1. The van der Waals surface area contributed by atoms with Crippen LogP contribution in [0, 0.1) is 11.3 Å². The molecule has 1 fully saturated rings. The predicted molar refractivity (Wildman–Crippen MR) is 96.6 cm³/mol. The van der Waals surface area contributed by atoms with E-state index >= 15 is 0 Å². The Labute approximate surface area is 148 Å². The minimum Gasteiger partial charge on any atom is -0.321 e. The molecule has 2 heterocycles. The molecule has 0 radical (unpaired) electrons. The van der Waals surface area contributed by atoms with Crippen LogP contribution < -0.4 is 0 Å². The Balaban J connectivity index is 1.83. The molecule has 0 saturated carbocycles. The second-order valence-electron chi connectivity index (χ2n) is 5.10. The summed E-state index contributed by atoms with van der Waals surface area (Å²) in [7, 11) is 0. The molecule has 2 atom stereocenters. The zero-order valence-electron chi connectivity index (χ0n) is 11.8. The van der Waals surface area contributed by atoms with Crippen LogP contribution in [0.3, 0.4) is 0 Å². The minimum atomic E-state index is 0.238. The number of nitrogens with zero attached hydrogens (tertiary/aromatic N) is 3. The third kappa shape index (κ3) is 3.26. The van der Waals surface area contributed by atoms with Crippen LogP contribution in [0.4, 0.5) is 0 Å². The highest BCUT2D eigenvalue weighted by Gasteiger charge is 2.29. The number of hydrogen-bond donors (Lipinski definition) is 0. The molecule has 0 spiro atoms. The first-order valence-electron chi connectivity index (χ1n) is 6.77. The molecule has 3 nitrogen and oxygen atoms in total. The Bertz CT molecular complexity index is 697. The van der Waals surface area contributed by atoms with Crippen molar-refractivity contribution < 1.29 is 0 Å². The van der Waals surface area contributed by atoms with Gasteiger partial charge in [-0.25, -0.2) is 0 Å². The van der Waals surface area contributed by atoms with Crippen molar-refractivity contribution in [2.24, 2.45) is 4.99 Å². The Kier molecular flexibility index (Phi) is 4.94. The molecule has 0 aromatic heterocycles. The monoisotopic (exact) mass is 369 g/mol. The van der Waals surface area contributed by atoms with Gasteiger partial charge in [0.2, 0.25) is 0 Å². The highest BCUT2D eigenvalue weighted by molar-refractivity contribution is 8.25. The molecular formula is C15H13Cl2N3S2. The molecule has 1 aromatic carbocycles. The smallest absolute Gasteiger partial charge is 0.141 e. The lowest BCUT2D eigenvalue weighted by Crippen LogP contribution is -2.21. The van der Waals surface area contributed by atoms with Gasteiger partial charge in [0.05, 0.1) is 16.6 Å². The van der Waals surface area contributed by atoms with Gasteiger partial charge in [0.1, 0.15) is 11.8 Å². The number of allylic oxidation sites excluding steroid dienone is 1. The second-order valence-corrected chi connectivity index (χ2v) is 8.44. The molecular weight excluding hydrogens is 357 g/mol. The summed E-state index contributed by atoms with van der Waals surface area (Å²) in [5.41, 5.74) is 1.76. The first-order valence-corrected chi connectivity index (χ1v) is 9.39. The van der Waals surface area contributed by atoms with Crippen molar-refractivity contribution in [2.45, 2.75) is 18.2 Å². The van der Waals surface area contributed by atoms with E-state index in [-0.39, 0.29) is 11.3 Å². The number of hydrogen-bond acceptors (Lipinski definition) is 5. The van der Waals surface area contributed by atoms with Gasteiger partial charge in [-0.15, -0.1) is 23.5 Å². The molecule has 1 unspecified atom stereocenters. The molecule has 7 heteroatoms. The van der Waals surface area contributed by atoms with Crippen LogP contribution >= 0.6 is 46.7 Å². The summed E-state index contributed by atoms with van der Waals surface area (Å²) in [5.74, 6) is 0.896. The van der Waals surface area contributed by atoms with E-state index in [4.69, 9.17) is 23.2 Å². The molecule has 1 saturated heterocycles. The summed E-state index contributed by atoms with van der Waals surface area (Å²) in [5, 5.41) is 11.1. The van der Waals surface area contributed by atoms with Gasteiger partial charge < -0.3 is 4.90 Å². The Hall–Kier alpha value is -0.800. The van der Waals surface area contributed by atoms with Crippen LogP contribution in [0.5, 0.6) is 0 Å². The highest BCUT2D eigenvalue weighted by Crippen LogP contribution is 2.53. The van der Waals surface area contributed by atoms with E-state index in [1.165, 1.54) is 0 Å². The van der Waals surface area contributed by atoms with Gasteiger partial charge in [-0.3, -0.25) is 4.99 Å². The Morgan fingerprint density at radius 1 is 1.45 bits per heavy atom. The third-order valence-electron chi connectivity index (χ3n) is 3.43. The lowest BCUT2D eigenvalue weighted by atomic mass is 10.2. The predicted octanol–water partition coefficient (Wildman–Crippen LogP) is 4.94. The average Bonchev–Trinajstić information content (AvgIpc) is 3.10. The van der Waals surface area contributed by atoms with Crippen molar-refractivity contribution >= 4 is 53.1 Å². The van der Waals surface area contributed by atoms with E-state index in [9.17, 15) is 5.26 Å². The summed E-state index contributed by atoms with van der Waals surface area (Å²) in [6.07, 6.45) is 1.76. The van der Waals surface area contributed by atoms with Gasteiger partial charge in [0.25, 0.3) is 0 Å². The molecule has 0 aliphatic carbocycles. The highest BCUT2D eigenvalue weighted by atomic mass is 35.5. The van der Waals surface area contributed by atoms with Crippen LogP contribution in [0.1, 0.15) is 17.7 Å². The van der Waals surface area contributed by atoms with Crippen molar-refractivity contribution in [3.05, 3.63) is 43.7 Å². The number of nitriles is 1. The minimum absolute atomic E-state index is 0.238. The number of aliphatic imine (C=N–C) groups is 1. The quantitative estimate of drug-likeness (QED) is 0.692. The molecule has 0 N–H and O–H groups in total. The van der Waals surface area contributed by atoms with Crippen molar-refractivity contribution in [3.63, 3.8) is 0 Å². The molecule has 0 bridgehead atoms. The van der Waals surface area contributed by atoms with Gasteiger partial charge in [-0.2, -0.15) is 5.26 Å². The number of rotatable bonds is 2. The molecule has 2 aliphatic rings. The fraction of sp³-hybridized carbons (Fsp3) is 0.333. The van der Waals surface area contributed by atoms with Crippen molar-refractivity contribution in [1.29, 1.82) is 5.26 Å². The molecule has 0 amide bonds. The molecule has 3 rings (SSSR count). The van der Waals surface area contributed by atoms with Gasteiger partial charge >= 0.3 is 0 Å². The van der Waals surface area contributed by atoms with E-state index < -0.39 is 0 Å². The standard InChI is InChI=1S/C15H13Cl2N3S2/c1-9-6-20(8-19-9)13(5-18)15-21-7-14(22-15)11-3-2-10(16)4-12(11)17/h2-4,8-9,14H,6-7H2,1H3/b15-13-/t9?,14-/m0/s1. The van der Waals surface area contributed by atoms with Crippen LogP contribution in [0.2, 0.25) is 10.0 Å². The van der Waals surface area contributed by atoms with Crippen LogP contribution in [-0.2, 0) is 0 Å². The van der Waals surface area contributed by atoms with E-state index in [1.807, 2.05) is 24.0 Å². The summed E-state index contributed by atoms with van der Waals surface area (Å²) in [4.78, 5) is 6.26. The van der Waals surface area contributed by atoms with Gasteiger partial charge in [0.15, 0.2) is 0 Å². The summed E-state index contributed by atoms with van der Waals surface area (Å²) in [6.45, 7) is 2.81. The van der Waals surface area contributed by atoms with E-state index in [2.05, 4.69) is 11.1 Å². The molecule has 1 aromatic rings. The molecule has 22 heavy (non-hydrogen) atoms. The summed E-state index contributed by atoms with van der Waals surface area (Å²) < 4.78 is 1.04. The maximum Gasteiger partial charge on any atom is 0.141 e.